The van der Waals surface area contributed by atoms with Crippen molar-refractivity contribution in [2.24, 2.45) is 0 Å². The molecule has 0 unspecified atom stereocenters. The van der Waals surface area contributed by atoms with Crippen LogP contribution in [0.5, 0.6) is 0 Å². The van der Waals surface area contributed by atoms with Crippen LogP contribution >= 0.6 is 0 Å². The van der Waals surface area contributed by atoms with Crippen LogP contribution in [0.3, 0.4) is 0 Å². The van der Waals surface area contributed by atoms with E-state index in [1.807, 2.05) is 18.5 Å². The molecule has 1 aromatic carbocycles. The summed E-state index contributed by atoms with van der Waals surface area (Å²) in [4.78, 5) is 7.53. The summed E-state index contributed by atoms with van der Waals surface area (Å²) in [5.74, 6) is 0. The Balaban J connectivity index is 0.000000562. The van der Waals surface area contributed by atoms with E-state index in [9.17, 15) is 0 Å². The normalized spacial score (nSPS) is 9.60. The van der Waals surface area contributed by atoms with E-state index >= 15 is 0 Å². The maximum absolute atomic E-state index is 4.36. The van der Waals surface area contributed by atoms with E-state index < -0.39 is 0 Å². The van der Waals surface area contributed by atoms with Gasteiger partial charge in [0.15, 0.2) is 0 Å². The van der Waals surface area contributed by atoms with Crippen LogP contribution in [0.4, 0.5) is 0 Å². The number of nitrogens with zero attached hydrogens (tertiary/aromatic N) is 1. The van der Waals surface area contributed by atoms with E-state index in [2.05, 4.69) is 34.2 Å². The molecule has 3 aromatic rings. The van der Waals surface area contributed by atoms with Gasteiger partial charge < -0.3 is 4.98 Å². The minimum atomic E-state index is 0. The van der Waals surface area contributed by atoms with E-state index in [1.165, 1.54) is 10.8 Å². The molecule has 0 saturated carbocycles. The van der Waals surface area contributed by atoms with Crippen LogP contribution < -0.4 is 0 Å². The summed E-state index contributed by atoms with van der Waals surface area (Å²) >= 11 is 0. The number of fused-ring (bicyclic) bond motifs is 3. The van der Waals surface area contributed by atoms with Crippen molar-refractivity contribution in [3.8, 4) is 0 Å². The number of H-pyrrole nitrogens is 1. The summed E-state index contributed by atoms with van der Waals surface area (Å²) in [6.07, 6.45) is 3.77. The number of benzene rings is 1. The number of hydrogen-bond donors (Lipinski definition) is 1. The monoisotopic (exact) mass is 214 g/mol. The van der Waals surface area contributed by atoms with Gasteiger partial charge in [-0.1, -0.05) is 12.1 Å². The number of hydrogen-bond acceptors (Lipinski definition) is 1. The first-order chi connectivity index (χ1) is 6.45. The Morgan fingerprint density at radius 1 is 1.00 bits per heavy atom. The second-order valence-corrected chi connectivity index (χ2v) is 3.08. The van der Waals surface area contributed by atoms with Crippen LogP contribution in [0, 0.1) is 0 Å². The summed E-state index contributed by atoms with van der Waals surface area (Å²) in [6, 6.07) is 10.3. The van der Waals surface area contributed by atoms with Crippen molar-refractivity contribution in [2.45, 2.75) is 0 Å². The molecule has 2 aromatic heterocycles. The molecule has 3 rings (SSSR count). The fraction of sp³-hybridized carbons (Fsp3) is 0. The SMILES string of the molecule is [Na].[Na].c1cnc2c(c1)ccc1[nH]ccc12. The van der Waals surface area contributed by atoms with Gasteiger partial charge in [0, 0.05) is 87.8 Å². The van der Waals surface area contributed by atoms with Gasteiger partial charge in [-0.15, -0.1) is 0 Å². The molecule has 0 atom stereocenters. The summed E-state index contributed by atoms with van der Waals surface area (Å²) in [6.45, 7) is 0. The summed E-state index contributed by atoms with van der Waals surface area (Å²) in [5.41, 5.74) is 2.22. The predicted molar refractivity (Wildman–Crippen MR) is 65.1 cm³/mol. The number of pyridine rings is 1. The molecule has 0 spiro atoms. The van der Waals surface area contributed by atoms with E-state index in [1.54, 1.807) is 0 Å². The maximum Gasteiger partial charge on any atom is 0.0795 e. The molecule has 2 heterocycles. The zero-order valence-corrected chi connectivity index (χ0v) is 13.0. The maximum atomic E-state index is 4.36. The number of aromatic amines is 1. The average molecular weight is 214 g/mol. The van der Waals surface area contributed by atoms with E-state index in [0.29, 0.717) is 0 Å². The molecule has 0 saturated heterocycles. The van der Waals surface area contributed by atoms with E-state index in [0.717, 1.165) is 11.0 Å². The molecule has 4 heteroatoms. The molecule has 1 N–H and O–H groups in total. The quantitative estimate of drug-likeness (QED) is 0.569. The zero-order valence-electron chi connectivity index (χ0n) is 8.99. The van der Waals surface area contributed by atoms with Gasteiger partial charge in [0.1, 0.15) is 0 Å². The third-order valence-corrected chi connectivity index (χ3v) is 2.30. The van der Waals surface area contributed by atoms with Crippen molar-refractivity contribution in [1.82, 2.24) is 9.97 Å². The first-order valence-corrected chi connectivity index (χ1v) is 4.26. The first-order valence-electron chi connectivity index (χ1n) is 4.26. The van der Waals surface area contributed by atoms with Crippen LogP contribution in [-0.2, 0) is 0 Å². The summed E-state index contributed by atoms with van der Waals surface area (Å²) in [5, 5.41) is 2.38. The third kappa shape index (κ3) is 2.31. The van der Waals surface area contributed by atoms with Gasteiger partial charge in [-0.3, -0.25) is 4.98 Å². The van der Waals surface area contributed by atoms with Crippen LogP contribution in [0.2, 0.25) is 0 Å². The van der Waals surface area contributed by atoms with Gasteiger partial charge in [-0.2, -0.15) is 0 Å². The zero-order chi connectivity index (χ0) is 8.67. The van der Waals surface area contributed by atoms with Crippen LogP contribution in [0.1, 0.15) is 0 Å². The molecule has 2 radical (unpaired) electrons. The third-order valence-electron chi connectivity index (χ3n) is 2.30. The van der Waals surface area contributed by atoms with E-state index in [4.69, 9.17) is 0 Å². The number of aromatic nitrogens is 2. The molecule has 0 aliphatic heterocycles. The van der Waals surface area contributed by atoms with Gasteiger partial charge in [0.25, 0.3) is 0 Å². The summed E-state index contributed by atoms with van der Waals surface area (Å²) in [7, 11) is 0. The van der Waals surface area contributed by atoms with Crippen molar-refractivity contribution >= 4 is 80.9 Å². The molecular formula is C11H8N2Na2. The van der Waals surface area contributed by atoms with Gasteiger partial charge in [0.2, 0.25) is 0 Å². The second-order valence-electron chi connectivity index (χ2n) is 3.08. The molecule has 0 fully saturated rings. The minimum absolute atomic E-state index is 0. The fourth-order valence-corrected chi connectivity index (χ4v) is 1.68. The van der Waals surface area contributed by atoms with Gasteiger partial charge in [-0.05, 0) is 18.2 Å². The Morgan fingerprint density at radius 3 is 2.73 bits per heavy atom. The van der Waals surface area contributed by atoms with Gasteiger partial charge in [0.05, 0.1) is 5.52 Å². The van der Waals surface area contributed by atoms with Crippen LogP contribution in [0.25, 0.3) is 21.8 Å². The Kier molecular flexibility index (Phi) is 4.84. The largest absolute Gasteiger partial charge is 0.361 e. The van der Waals surface area contributed by atoms with Crippen molar-refractivity contribution in [1.29, 1.82) is 0 Å². The molecular weight excluding hydrogens is 206 g/mol. The Morgan fingerprint density at radius 2 is 1.87 bits per heavy atom. The molecule has 2 nitrogen and oxygen atoms in total. The minimum Gasteiger partial charge on any atom is -0.361 e. The Labute approximate surface area is 132 Å². The Hall–Kier alpha value is 0.170. The number of rotatable bonds is 0. The van der Waals surface area contributed by atoms with Crippen molar-refractivity contribution in [2.75, 3.05) is 0 Å². The fourth-order valence-electron chi connectivity index (χ4n) is 1.68. The molecule has 0 aliphatic rings. The van der Waals surface area contributed by atoms with Crippen molar-refractivity contribution < 1.29 is 0 Å². The molecule has 0 aliphatic carbocycles. The van der Waals surface area contributed by atoms with Crippen molar-refractivity contribution in [3.05, 3.63) is 42.7 Å². The summed E-state index contributed by atoms with van der Waals surface area (Å²) < 4.78 is 0. The molecule has 15 heavy (non-hydrogen) atoms. The average Bonchev–Trinajstić information content (AvgIpc) is 2.65. The molecule has 0 bridgehead atoms. The van der Waals surface area contributed by atoms with Crippen LogP contribution in [0.15, 0.2) is 42.7 Å². The smallest absolute Gasteiger partial charge is 0.0795 e. The Bertz CT molecular complexity index is 575. The predicted octanol–water partition coefficient (Wildman–Crippen LogP) is 1.95. The van der Waals surface area contributed by atoms with E-state index in [-0.39, 0.29) is 59.1 Å². The van der Waals surface area contributed by atoms with Crippen LogP contribution in [-0.4, -0.2) is 69.1 Å². The first kappa shape index (κ1) is 13.2. The second kappa shape index (κ2) is 5.48. The van der Waals surface area contributed by atoms with Gasteiger partial charge in [-0.25, -0.2) is 0 Å². The topological polar surface area (TPSA) is 28.7 Å². The molecule has 64 valence electrons. The standard InChI is InChI=1S/C11H8N2.2Na/c1-2-8-3-4-10-9(5-7-12-10)11(8)13-6-1;;/h1-7,12H;;. The molecule has 0 amide bonds. The number of nitrogens with one attached hydrogen (secondary N) is 1. The van der Waals surface area contributed by atoms with Crippen molar-refractivity contribution in [3.63, 3.8) is 0 Å². The van der Waals surface area contributed by atoms with Gasteiger partial charge >= 0.3 is 0 Å².